The lowest BCUT2D eigenvalue weighted by Gasteiger charge is -2.30. The number of aromatic amines is 2. The van der Waals surface area contributed by atoms with Gasteiger partial charge in [0.2, 0.25) is 6.23 Å². The smallest absolute Gasteiger partial charge is 0.212 e. The third kappa shape index (κ3) is 4.58. The van der Waals surface area contributed by atoms with Gasteiger partial charge < -0.3 is 20.0 Å². The molecule has 6 aromatic rings. The Morgan fingerprint density at radius 1 is 1.09 bits per heavy atom. The van der Waals surface area contributed by atoms with Crippen LogP contribution < -0.4 is 10.1 Å². The van der Waals surface area contributed by atoms with Crippen LogP contribution in [0.4, 0.5) is 4.39 Å². The summed E-state index contributed by atoms with van der Waals surface area (Å²) in [5.74, 6) is 2.34. The van der Waals surface area contributed by atoms with Gasteiger partial charge in [-0.25, -0.2) is 14.4 Å². The van der Waals surface area contributed by atoms with Crippen LogP contribution >= 0.6 is 11.3 Å². The molecule has 8 rings (SSSR count). The van der Waals surface area contributed by atoms with Gasteiger partial charge in [-0.05, 0) is 60.7 Å². The molecule has 3 atom stereocenters. The number of fused-ring (bicyclic) bond motifs is 5. The summed E-state index contributed by atoms with van der Waals surface area (Å²) in [5, 5.41) is 4.63. The van der Waals surface area contributed by atoms with Crippen molar-refractivity contribution in [1.82, 2.24) is 29.8 Å². The third-order valence-electron chi connectivity index (χ3n) is 8.81. The van der Waals surface area contributed by atoms with Crippen LogP contribution in [0.5, 0.6) is 5.75 Å². The predicted molar refractivity (Wildman–Crippen MR) is 169 cm³/mol. The fourth-order valence-corrected chi connectivity index (χ4v) is 7.32. The van der Waals surface area contributed by atoms with Crippen molar-refractivity contribution in [3.63, 3.8) is 0 Å². The number of ether oxygens (including phenoxy) is 1. The molecule has 5 heterocycles. The number of nitrogens with one attached hydrogen (secondary N) is 3. The van der Waals surface area contributed by atoms with Crippen LogP contribution in [-0.2, 0) is 6.54 Å². The average Bonchev–Trinajstić information content (AvgIpc) is 3.57. The van der Waals surface area contributed by atoms with Gasteiger partial charge in [0.1, 0.15) is 17.4 Å². The van der Waals surface area contributed by atoms with Crippen molar-refractivity contribution in [2.75, 3.05) is 0 Å². The summed E-state index contributed by atoms with van der Waals surface area (Å²) in [6, 6.07) is 16.8. The first-order chi connectivity index (χ1) is 21.0. The monoisotopic (exact) mass is 592 g/mol. The van der Waals surface area contributed by atoms with Crippen LogP contribution in [0.15, 0.2) is 67.3 Å². The number of nitrogens with zero attached hydrogens (tertiary/aromatic N) is 3. The second-order valence-electron chi connectivity index (χ2n) is 12.0. The highest BCUT2D eigenvalue weighted by atomic mass is 32.1. The van der Waals surface area contributed by atoms with Crippen LogP contribution in [0.1, 0.15) is 61.3 Å². The Bertz CT molecular complexity index is 1950. The van der Waals surface area contributed by atoms with Crippen molar-refractivity contribution in [2.24, 2.45) is 5.92 Å². The van der Waals surface area contributed by atoms with Crippen molar-refractivity contribution >= 4 is 22.2 Å². The fourth-order valence-electron chi connectivity index (χ4n) is 6.29. The number of aromatic nitrogens is 5. The van der Waals surface area contributed by atoms with Gasteiger partial charge >= 0.3 is 0 Å². The number of rotatable bonds is 8. The van der Waals surface area contributed by atoms with E-state index in [0.717, 1.165) is 56.7 Å². The standard InChI is InChI=1S/C34H33FN6OS/c1-4-19-11-24(19)37-16-32-38-15-26(40-32)20-5-6-27-22(9-20)12-28-33-23(35)10-21(25-14-36-17-39-25)13-29(33)42-34(41(27)28)31-8-7-30(43-31)18(2)3/h5-10,12-15,17-19,24,34,37H,4,11,16H2,1-3H3,(H,36,39)(H,38,40). The van der Waals surface area contributed by atoms with E-state index in [1.54, 1.807) is 29.9 Å². The summed E-state index contributed by atoms with van der Waals surface area (Å²) in [6.45, 7) is 7.37. The van der Waals surface area contributed by atoms with Crippen LogP contribution in [0.3, 0.4) is 0 Å². The number of benzene rings is 2. The Hall–Kier alpha value is -4.21. The average molecular weight is 593 g/mol. The van der Waals surface area contributed by atoms with E-state index in [1.807, 2.05) is 12.3 Å². The predicted octanol–water partition coefficient (Wildman–Crippen LogP) is 8.24. The Kier molecular flexibility index (Phi) is 6.27. The molecular weight excluding hydrogens is 559 g/mol. The van der Waals surface area contributed by atoms with Crippen molar-refractivity contribution in [2.45, 2.75) is 58.3 Å². The minimum Gasteiger partial charge on any atom is -0.464 e. The fraction of sp³-hybridized carbons (Fsp3) is 0.294. The number of hydrogen-bond acceptors (Lipinski definition) is 5. The molecule has 0 bridgehead atoms. The molecule has 0 amide bonds. The normalized spacial score (nSPS) is 19.0. The molecule has 1 aliphatic carbocycles. The molecule has 0 saturated heterocycles. The Morgan fingerprint density at radius 3 is 2.77 bits per heavy atom. The zero-order valence-electron chi connectivity index (χ0n) is 24.3. The molecule has 4 aromatic heterocycles. The number of thiophene rings is 1. The maximum Gasteiger partial charge on any atom is 0.212 e. The maximum absolute atomic E-state index is 16.0. The second-order valence-corrected chi connectivity index (χ2v) is 13.1. The SMILES string of the molecule is CCC1CC1NCc1ncc(-c2ccc3c(c2)cc2n3C(c3ccc(C(C)C)s3)Oc3cc(-c4cnc[nH]4)cc(F)c3-2)[nH]1. The van der Waals surface area contributed by atoms with Crippen molar-refractivity contribution in [3.8, 4) is 39.5 Å². The minimum atomic E-state index is -0.418. The minimum absolute atomic E-state index is 0.328. The second kappa shape index (κ2) is 10.2. The topological polar surface area (TPSA) is 83.5 Å². The highest BCUT2D eigenvalue weighted by Crippen LogP contribution is 2.48. The zero-order valence-corrected chi connectivity index (χ0v) is 25.1. The van der Waals surface area contributed by atoms with Crippen LogP contribution in [-0.4, -0.2) is 30.5 Å². The largest absolute Gasteiger partial charge is 0.464 e. The third-order valence-corrected chi connectivity index (χ3v) is 10.2. The van der Waals surface area contributed by atoms with E-state index in [-0.39, 0.29) is 5.82 Å². The number of imidazole rings is 2. The molecule has 0 radical (unpaired) electrons. The molecule has 2 aliphatic rings. The Balaban J connectivity index is 1.21. The van der Waals surface area contributed by atoms with E-state index in [9.17, 15) is 0 Å². The summed E-state index contributed by atoms with van der Waals surface area (Å²) < 4.78 is 24.8. The van der Waals surface area contributed by atoms with E-state index in [2.05, 4.69) is 87.0 Å². The first-order valence-electron chi connectivity index (χ1n) is 15.0. The molecule has 43 heavy (non-hydrogen) atoms. The number of H-pyrrole nitrogens is 2. The quantitative estimate of drug-likeness (QED) is 0.166. The highest BCUT2D eigenvalue weighted by Gasteiger charge is 2.35. The van der Waals surface area contributed by atoms with Gasteiger partial charge in [-0.1, -0.05) is 33.3 Å². The van der Waals surface area contributed by atoms with Crippen LogP contribution in [0, 0.1) is 11.7 Å². The van der Waals surface area contributed by atoms with Gasteiger partial charge in [-0.3, -0.25) is 4.57 Å². The van der Waals surface area contributed by atoms with E-state index in [4.69, 9.17) is 4.74 Å². The summed E-state index contributed by atoms with van der Waals surface area (Å²) in [4.78, 5) is 17.7. The van der Waals surface area contributed by atoms with Gasteiger partial charge in [0, 0.05) is 27.4 Å². The molecule has 1 aliphatic heterocycles. The lowest BCUT2D eigenvalue weighted by atomic mass is 10.0. The molecule has 7 nitrogen and oxygen atoms in total. The van der Waals surface area contributed by atoms with Gasteiger partial charge in [0.15, 0.2) is 0 Å². The van der Waals surface area contributed by atoms with Gasteiger partial charge in [-0.15, -0.1) is 11.3 Å². The molecule has 2 aromatic carbocycles. The van der Waals surface area contributed by atoms with Crippen molar-refractivity contribution < 1.29 is 9.13 Å². The zero-order chi connectivity index (χ0) is 29.2. The molecule has 0 spiro atoms. The first kappa shape index (κ1) is 26.4. The molecule has 218 valence electrons. The lowest BCUT2D eigenvalue weighted by molar-refractivity contribution is 0.176. The molecular formula is C34H33FN6OS. The van der Waals surface area contributed by atoms with Crippen molar-refractivity contribution in [1.29, 1.82) is 0 Å². The summed E-state index contributed by atoms with van der Waals surface area (Å²) >= 11 is 1.74. The maximum atomic E-state index is 16.0. The Morgan fingerprint density at radius 2 is 2.00 bits per heavy atom. The first-order valence-corrected chi connectivity index (χ1v) is 15.8. The number of hydrogen-bond donors (Lipinski definition) is 3. The van der Waals surface area contributed by atoms with E-state index in [0.29, 0.717) is 28.8 Å². The Labute approximate surface area is 253 Å². The summed E-state index contributed by atoms with van der Waals surface area (Å²) in [7, 11) is 0. The summed E-state index contributed by atoms with van der Waals surface area (Å²) in [6.07, 6.45) is 7.25. The van der Waals surface area contributed by atoms with Crippen LogP contribution in [0.2, 0.25) is 0 Å². The lowest BCUT2D eigenvalue weighted by Crippen LogP contribution is -2.22. The molecule has 3 unspecified atom stereocenters. The molecule has 9 heteroatoms. The van der Waals surface area contributed by atoms with Gasteiger partial charge in [0.05, 0.1) is 58.3 Å². The van der Waals surface area contributed by atoms with Gasteiger partial charge in [-0.2, -0.15) is 0 Å². The van der Waals surface area contributed by atoms with E-state index in [1.165, 1.54) is 17.7 Å². The van der Waals surface area contributed by atoms with E-state index < -0.39 is 6.23 Å². The van der Waals surface area contributed by atoms with E-state index >= 15 is 4.39 Å². The van der Waals surface area contributed by atoms with Crippen molar-refractivity contribution in [3.05, 3.63) is 88.6 Å². The molecule has 3 N–H and O–H groups in total. The van der Waals surface area contributed by atoms with Gasteiger partial charge in [0.25, 0.3) is 0 Å². The highest BCUT2D eigenvalue weighted by molar-refractivity contribution is 7.12. The van der Waals surface area contributed by atoms with Crippen LogP contribution in [0.25, 0.3) is 44.7 Å². The molecule has 1 saturated carbocycles. The number of halogens is 1. The summed E-state index contributed by atoms with van der Waals surface area (Å²) in [5.41, 5.74) is 5.71. The molecule has 1 fully saturated rings.